The number of aliphatic hydroxyl groups excluding tert-OH is 1. The number of aromatic nitrogens is 2. The van der Waals surface area contributed by atoms with Gasteiger partial charge in [0.15, 0.2) is 0 Å². The topological polar surface area (TPSA) is 69.1 Å². The first-order chi connectivity index (χ1) is 5.04. The average Bonchev–Trinajstić information content (AvgIpc) is 2.32. The summed E-state index contributed by atoms with van der Waals surface area (Å²) in [6.07, 6.45) is 0. The summed E-state index contributed by atoms with van der Waals surface area (Å²) in [6.45, 7) is 3.21. The van der Waals surface area contributed by atoms with Crippen LogP contribution in [0.2, 0.25) is 0 Å². The van der Waals surface area contributed by atoms with E-state index in [1.165, 1.54) is 0 Å². The molecule has 0 fully saturated rings. The summed E-state index contributed by atoms with van der Waals surface area (Å²) in [5, 5.41) is 24.5. The zero-order valence-corrected chi connectivity index (χ0v) is 6.63. The monoisotopic (exact) mass is 156 g/mol. The summed E-state index contributed by atoms with van der Waals surface area (Å²) in [4.78, 5) is 0. The molecule has 11 heavy (non-hydrogen) atoms. The van der Waals surface area contributed by atoms with Crippen LogP contribution in [0.25, 0.3) is 0 Å². The van der Waals surface area contributed by atoms with E-state index in [0.29, 0.717) is 11.4 Å². The fourth-order valence-electron chi connectivity index (χ4n) is 0.756. The largest absolute Gasteiger partial charge is 0.390 e. The van der Waals surface area contributed by atoms with Crippen molar-refractivity contribution < 1.29 is 10.2 Å². The van der Waals surface area contributed by atoms with Crippen molar-refractivity contribution in [2.24, 2.45) is 0 Å². The van der Waals surface area contributed by atoms with Crippen molar-refractivity contribution in [3.05, 3.63) is 17.5 Å². The minimum absolute atomic E-state index is 0.0803. The van der Waals surface area contributed by atoms with Gasteiger partial charge in [-0.1, -0.05) is 0 Å². The SMILES string of the molecule is CC(C)(O)c1cc(CO)[nH]n1. The van der Waals surface area contributed by atoms with Gasteiger partial charge in [0.2, 0.25) is 0 Å². The zero-order chi connectivity index (χ0) is 8.48. The van der Waals surface area contributed by atoms with Crippen LogP contribution in [0.5, 0.6) is 0 Å². The van der Waals surface area contributed by atoms with E-state index in [1.54, 1.807) is 19.9 Å². The van der Waals surface area contributed by atoms with Gasteiger partial charge < -0.3 is 10.2 Å². The molecule has 4 heteroatoms. The fraction of sp³-hybridized carbons (Fsp3) is 0.571. The van der Waals surface area contributed by atoms with E-state index in [2.05, 4.69) is 10.2 Å². The molecule has 1 aromatic rings. The molecule has 1 aromatic heterocycles. The maximum absolute atomic E-state index is 9.43. The van der Waals surface area contributed by atoms with Crippen LogP contribution in [0, 0.1) is 0 Å². The number of aromatic amines is 1. The first kappa shape index (κ1) is 8.23. The number of hydrogen-bond acceptors (Lipinski definition) is 3. The Hall–Kier alpha value is -0.870. The number of hydrogen-bond donors (Lipinski definition) is 3. The highest BCUT2D eigenvalue weighted by Gasteiger charge is 2.18. The molecule has 1 rings (SSSR count). The van der Waals surface area contributed by atoms with Crippen molar-refractivity contribution >= 4 is 0 Å². The normalized spacial score (nSPS) is 12.0. The van der Waals surface area contributed by atoms with Gasteiger partial charge in [0.1, 0.15) is 5.60 Å². The molecule has 0 saturated carbocycles. The highest BCUT2D eigenvalue weighted by atomic mass is 16.3. The highest BCUT2D eigenvalue weighted by molar-refractivity contribution is 5.13. The minimum Gasteiger partial charge on any atom is -0.390 e. The van der Waals surface area contributed by atoms with E-state index in [9.17, 15) is 5.11 Å². The Kier molecular flexibility index (Phi) is 1.97. The number of nitrogens with zero attached hydrogens (tertiary/aromatic N) is 1. The Bertz CT molecular complexity index is 237. The van der Waals surface area contributed by atoms with Crippen LogP contribution in [0.4, 0.5) is 0 Å². The zero-order valence-electron chi connectivity index (χ0n) is 6.63. The van der Waals surface area contributed by atoms with Crippen molar-refractivity contribution in [2.45, 2.75) is 26.1 Å². The molecule has 0 atom stereocenters. The molecule has 0 unspecified atom stereocenters. The van der Waals surface area contributed by atoms with Crippen LogP contribution < -0.4 is 0 Å². The van der Waals surface area contributed by atoms with Crippen LogP contribution >= 0.6 is 0 Å². The Morgan fingerprint density at radius 2 is 2.27 bits per heavy atom. The van der Waals surface area contributed by atoms with Gasteiger partial charge in [-0.05, 0) is 19.9 Å². The van der Waals surface area contributed by atoms with Crippen molar-refractivity contribution in [2.75, 3.05) is 0 Å². The molecule has 0 bridgehead atoms. The molecule has 62 valence electrons. The van der Waals surface area contributed by atoms with E-state index < -0.39 is 5.60 Å². The lowest BCUT2D eigenvalue weighted by atomic mass is 10.1. The molecule has 0 saturated heterocycles. The second-order valence-corrected chi connectivity index (χ2v) is 3.00. The summed E-state index contributed by atoms with van der Waals surface area (Å²) in [5.74, 6) is 0. The van der Waals surface area contributed by atoms with Gasteiger partial charge in [0, 0.05) is 0 Å². The van der Waals surface area contributed by atoms with Crippen molar-refractivity contribution in [3.8, 4) is 0 Å². The van der Waals surface area contributed by atoms with Crippen LogP contribution in [-0.4, -0.2) is 20.4 Å². The Morgan fingerprint density at radius 3 is 2.55 bits per heavy atom. The second kappa shape index (κ2) is 2.64. The van der Waals surface area contributed by atoms with E-state index in [-0.39, 0.29) is 6.61 Å². The lowest BCUT2D eigenvalue weighted by Gasteiger charge is -2.12. The van der Waals surface area contributed by atoms with E-state index >= 15 is 0 Å². The van der Waals surface area contributed by atoms with E-state index in [1.807, 2.05) is 0 Å². The molecular weight excluding hydrogens is 144 g/mol. The van der Waals surface area contributed by atoms with Crippen LogP contribution in [0.15, 0.2) is 6.07 Å². The third kappa shape index (κ3) is 1.78. The Morgan fingerprint density at radius 1 is 1.64 bits per heavy atom. The number of rotatable bonds is 2. The minimum atomic E-state index is -0.941. The first-order valence-electron chi connectivity index (χ1n) is 3.42. The molecule has 1 heterocycles. The molecule has 0 amide bonds. The lowest BCUT2D eigenvalue weighted by Crippen LogP contribution is -2.15. The molecule has 3 N–H and O–H groups in total. The fourth-order valence-corrected chi connectivity index (χ4v) is 0.756. The van der Waals surface area contributed by atoms with Crippen LogP contribution in [0.1, 0.15) is 25.2 Å². The molecule has 4 nitrogen and oxygen atoms in total. The predicted molar refractivity (Wildman–Crippen MR) is 39.8 cm³/mol. The summed E-state index contributed by atoms with van der Waals surface area (Å²) in [5.41, 5.74) is 0.216. The summed E-state index contributed by atoms with van der Waals surface area (Å²) < 4.78 is 0. The van der Waals surface area contributed by atoms with Crippen molar-refractivity contribution in [1.82, 2.24) is 10.2 Å². The summed E-state index contributed by atoms with van der Waals surface area (Å²) in [7, 11) is 0. The summed E-state index contributed by atoms with van der Waals surface area (Å²) >= 11 is 0. The highest BCUT2D eigenvalue weighted by Crippen LogP contribution is 2.17. The molecule has 0 aliphatic rings. The van der Waals surface area contributed by atoms with E-state index in [0.717, 1.165) is 0 Å². The average molecular weight is 156 g/mol. The quantitative estimate of drug-likeness (QED) is 0.570. The first-order valence-corrected chi connectivity index (χ1v) is 3.42. The molecule has 0 aromatic carbocycles. The van der Waals surface area contributed by atoms with Crippen LogP contribution in [-0.2, 0) is 12.2 Å². The number of aliphatic hydroxyl groups is 2. The molecule has 0 spiro atoms. The van der Waals surface area contributed by atoms with Gasteiger partial charge in [-0.15, -0.1) is 0 Å². The van der Waals surface area contributed by atoms with Gasteiger partial charge in [-0.3, -0.25) is 5.10 Å². The van der Waals surface area contributed by atoms with Crippen LogP contribution in [0.3, 0.4) is 0 Å². The number of H-pyrrole nitrogens is 1. The summed E-state index contributed by atoms with van der Waals surface area (Å²) in [6, 6.07) is 1.64. The lowest BCUT2D eigenvalue weighted by molar-refractivity contribution is 0.0738. The maximum atomic E-state index is 9.43. The molecule has 0 radical (unpaired) electrons. The van der Waals surface area contributed by atoms with Gasteiger partial charge in [0.05, 0.1) is 18.0 Å². The van der Waals surface area contributed by atoms with Gasteiger partial charge in [-0.25, -0.2) is 0 Å². The third-order valence-corrected chi connectivity index (χ3v) is 1.43. The Balaban J connectivity index is 2.89. The Labute approximate surface area is 64.9 Å². The standard InChI is InChI=1S/C7H12N2O2/c1-7(2,11)6-3-5(4-10)8-9-6/h3,10-11H,4H2,1-2H3,(H,8,9). The van der Waals surface area contributed by atoms with Crippen molar-refractivity contribution in [3.63, 3.8) is 0 Å². The molecule has 0 aliphatic carbocycles. The maximum Gasteiger partial charge on any atom is 0.103 e. The van der Waals surface area contributed by atoms with Crippen molar-refractivity contribution in [1.29, 1.82) is 0 Å². The number of nitrogens with one attached hydrogen (secondary N) is 1. The third-order valence-electron chi connectivity index (χ3n) is 1.43. The van der Waals surface area contributed by atoms with Gasteiger partial charge in [-0.2, -0.15) is 5.10 Å². The van der Waals surface area contributed by atoms with Gasteiger partial charge >= 0.3 is 0 Å². The van der Waals surface area contributed by atoms with Gasteiger partial charge in [0.25, 0.3) is 0 Å². The predicted octanol–water partition coefficient (Wildman–Crippen LogP) is 0.129. The van der Waals surface area contributed by atoms with E-state index in [4.69, 9.17) is 5.11 Å². The molecule has 0 aliphatic heterocycles. The molecular formula is C7H12N2O2. The smallest absolute Gasteiger partial charge is 0.103 e. The second-order valence-electron chi connectivity index (χ2n) is 3.00.